The maximum absolute atomic E-state index is 11.5. The average Bonchev–Trinajstić information content (AvgIpc) is 3.42. The first-order valence-electron chi connectivity index (χ1n) is 25.6. The van der Waals surface area contributed by atoms with Gasteiger partial charge < -0.3 is 92.6 Å². The summed E-state index contributed by atoms with van der Waals surface area (Å²) in [4.78, 5) is 4.37. The van der Waals surface area contributed by atoms with Gasteiger partial charge in [-0.2, -0.15) is 0 Å². The SMILES string of the molecule is CO[C@@H]1[C@H](OC)[C@@H](CO)[C@@H](CO)[C@H](N(Cc2cccc(CN([C@@H]3[C@@H](CO)[C@H](OC)[C@H](OC)[C@@H](C)[C@H]3OC)[C@H]3[C@H](CO)[C@H](CO)[C@@H](OC)[C@@H](OC)[C@@H]3OC)c2)[C@H]2[C@H](OC)[C@H](OC)[C@@H](CO)[C@@H](CO)[C@@H]2OC)[C@H]1OC. The fraction of sp³-hybridized carbons (Fsp3) is 0.885. The Kier molecular flexibility index (Phi) is 25.0. The van der Waals surface area contributed by atoms with Gasteiger partial charge >= 0.3 is 0 Å². The second kappa shape index (κ2) is 29.4. The highest BCUT2D eigenvalue weighted by Gasteiger charge is 2.61. The molecule has 4 saturated carbocycles. The van der Waals surface area contributed by atoms with Gasteiger partial charge in [0, 0.05) is 204 Å². The number of hydrogen-bond acceptors (Lipinski definition) is 21. The molecule has 21 heteroatoms. The standard InChI is InChI=1S/C52H92N2O19/c1-27-41(62-2)39(36(26-61)47(68-8)42(27)63-3)53(37-30(20-55)32(22-57)45(66-6)51(72-12)48(37)69-9)18-28-15-14-16-29(17-28)19-54(38-31(21-56)33(23-58)46(67-7)52(73-13)49(38)70-10)40-43(64-4)34(24-59)35(25-60)44(65-5)50(40)71-11/h14-17,27,30-52,55-61H,18-26H2,1-13H3/t27-,30+,31+,32-,33-,34+,35-,36+,37-,38-,39+,40+,41+,42+,43-,44+,45+,46+,47-,48+,49+,50-,51+,52+/m0/s1. The van der Waals surface area contributed by atoms with E-state index >= 15 is 0 Å². The van der Waals surface area contributed by atoms with E-state index in [9.17, 15) is 35.7 Å². The number of rotatable bonds is 27. The molecule has 4 fully saturated rings. The Morgan fingerprint density at radius 2 is 0.589 bits per heavy atom. The highest BCUT2D eigenvalue weighted by atomic mass is 16.6. The lowest BCUT2D eigenvalue weighted by Crippen LogP contribution is -2.73. The lowest BCUT2D eigenvalue weighted by molar-refractivity contribution is -0.244. The third-order valence-corrected chi connectivity index (χ3v) is 17.7. The summed E-state index contributed by atoms with van der Waals surface area (Å²) in [6.07, 6.45) is -8.03. The summed E-state index contributed by atoms with van der Waals surface area (Å²) in [5.41, 5.74) is 1.62. The molecular weight excluding hydrogens is 957 g/mol. The normalized spacial score (nSPS) is 41.5. The average molecular weight is 1050 g/mol. The zero-order valence-corrected chi connectivity index (χ0v) is 45.5. The summed E-state index contributed by atoms with van der Waals surface area (Å²) in [6.45, 7) is 0.0590. The smallest absolute Gasteiger partial charge is 0.111 e. The van der Waals surface area contributed by atoms with Crippen LogP contribution in [0.1, 0.15) is 18.1 Å². The summed E-state index contributed by atoms with van der Waals surface area (Å²) in [7, 11) is 18.9. The van der Waals surface area contributed by atoms with Gasteiger partial charge in [0.2, 0.25) is 0 Å². The third-order valence-electron chi connectivity index (χ3n) is 17.7. The van der Waals surface area contributed by atoms with Crippen LogP contribution in [0.25, 0.3) is 0 Å². The van der Waals surface area contributed by atoms with Crippen molar-refractivity contribution in [3.05, 3.63) is 35.4 Å². The molecule has 21 nitrogen and oxygen atoms in total. The van der Waals surface area contributed by atoms with E-state index in [0.29, 0.717) is 0 Å². The molecule has 73 heavy (non-hydrogen) atoms. The highest BCUT2D eigenvalue weighted by Crippen LogP contribution is 2.47. The van der Waals surface area contributed by atoms with E-state index in [2.05, 4.69) is 15.9 Å². The number of aliphatic hydroxyl groups is 7. The van der Waals surface area contributed by atoms with Crippen LogP contribution in [0.4, 0.5) is 0 Å². The summed E-state index contributed by atoms with van der Waals surface area (Å²) in [5.74, 6) is -4.57. The summed E-state index contributed by atoms with van der Waals surface area (Å²) >= 11 is 0. The fourth-order valence-electron chi connectivity index (χ4n) is 14.6. The Morgan fingerprint density at radius 1 is 0.315 bits per heavy atom. The van der Waals surface area contributed by atoms with Crippen molar-refractivity contribution in [2.75, 3.05) is 132 Å². The lowest BCUT2D eigenvalue weighted by Gasteiger charge is -2.58. The largest absolute Gasteiger partial charge is 0.396 e. The van der Waals surface area contributed by atoms with E-state index in [1.165, 1.54) is 7.11 Å². The number of benzene rings is 1. The van der Waals surface area contributed by atoms with Crippen LogP contribution in [0.15, 0.2) is 24.3 Å². The number of ether oxygens (including phenoxy) is 12. The minimum Gasteiger partial charge on any atom is -0.396 e. The van der Waals surface area contributed by atoms with E-state index < -0.39 is 139 Å². The number of aliphatic hydroxyl groups excluding tert-OH is 7. The van der Waals surface area contributed by atoms with Gasteiger partial charge in [-0.25, -0.2) is 0 Å². The Bertz CT molecular complexity index is 1620. The predicted octanol–water partition coefficient (Wildman–Crippen LogP) is -1.10. The van der Waals surface area contributed by atoms with Crippen molar-refractivity contribution in [3.63, 3.8) is 0 Å². The summed E-state index contributed by atoms with van der Waals surface area (Å²) in [6, 6.07) is 5.29. The van der Waals surface area contributed by atoms with Crippen molar-refractivity contribution in [1.82, 2.24) is 9.80 Å². The topological polar surface area (TPSA) is 259 Å². The molecule has 0 heterocycles. The minimum absolute atomic E-state index is 0.169. The Morgan fingerprint density at radius 3 is 0.932 bits per heavy atom. The Hall–Kier alpha value is -1.62. The van der Waals surface area contributed by atoms with Crippen LogP contribution in [0, 0.1) is 47.3 Å². The molecule has 7 N–H and O–H groups in total. The molecule has 0 radical (unpaired) electrons. The minimum atomic E-state index is -0.768. The van der Waals surface area contributed by atoms with Crippen LogP contribution in [0.3, 0.4) is 0 Å². The van der Waals surface area contributed by atoms with Crippen molar-refractivity contribution < 1.29 is 92.6 Å². The van der Waals surface area contributed by atoms with E-state index in [1.807, 2.05) is 25.1 Å². The molecule has 0 unspecified atom stereocenters. The van der Waals surface area contributed by atoms with Crippen LogP contribution >= 0.6 is 0 Å². The maximum Gasteiger partial charge on any atom is 0.111 e. The number of methoxy groups -OCH3 is 12. The van der Waals surface area contributed by atoms with Crippen LogP contribution in [0.5, 0.6) is 0 Å². The summed E-state index contributed by atoms with van der Waals surface area (Å²) in [5, 5.41) is 78.6. The molecule has 24 atom stereocenters. The molecule has 4 aliphatic carbocycles. The first kappa shape index (κ1) is 62.2. The quantitative estimate of drug-likeness (QED) is 0.0552. The van der Waals surface area contributed by atoms with E-state index in [4.69, 9.17) is 56.8 Å². The molecule has 0 aromatic heterocycles. The maximum atomic E-state index is 11.5. The monoisotopic (exact) mass is 1050 g/mol. The molecule has 4 aliphatic rings. The van der Waals surface area contributed by atoms with E-state index in [0.717, 1.165) is 11.1 Å². The van der Waals surface area contributed by atoms with Gasteiger partial charge in [0.05, 0.1) is 55.4 Å². The first-order valence-corrected chi connectivity index (χ1v) is 25.6. The molecule has 0 saturated heterocycles. The number of hydrogen-bond donors (Lipinski definition) is 7. The molecular formula is C52H92N2O19. The van der Waals surface area contributed by atoms with Crippen LogP contribution in [-0.4, -0.2) is 275 Å². The van der Waals surface area contributed by atoms with Crippen molar-refractivity contribution in [3.8, 4) is 0 Å². The zero-order chi connectivity index (χ0) is 53.8. The van der Waals surface area contributed by atoms with Crippen LogP contribution in [0.2, 0.25) is 0 Å². The van der Waals surface area contributed by atoms with Gasteiger partial charge in [-0.1, -0.05) is 31.2 Å². The molecule has 5 rings (SSSR count). The van der Waals surface area contributed by atoms with Crippen molar-refractivity contribution in [2.45, 2.75) is 117 Å². The fourth-order valence-corrected chi connectivity index (χ4v) is 14.6. The van der Waals surface area contributed by atoms with Crippen molar-refractivity contribution >= 4 is 0 Å². The second-order valence-electron chi connectivity index (χ2n) is 20.3. The third kappa shape index (κ3) is 11.9. The van der Waals surface area contributed by atoms with Gasteiger partial charge in [0.1, 0.15) is 30.5 Å². The highest BCUT2D eigenvalue weighted by molar-refractivity contribution is 5.26. The van der Waals surface area contributed by atoms with Crippen molar-refractivity contribution in [2.24, 2.45) is 47.3 Å². The van der Waals surface area contributed by atoms with Gasteiger partial charge in [0.25, 0.3) is 0 Å². The second-order valence-corrected chi connectivity index (χ2v) is 20.3. The zero-order valence-electron chi connectivity index (χ0n) is 45.5. The van der Waals surface area contributed by atoms with Crippen LogP contribution in [-0.2, 0) is 69.9 Å². The van der Waals surface area contributed by atoms with Crippen molar-refractivity contribution in [1.29, 1.82) is 0 Å². The number of nitrogens with zero attached hydrogens (tertiary/aromatic N) is 2. The molecule has 0 spiro atoms. The van der Waals surface area contributed by atoms with Gasteiger partial charge in [-0.3, -0.25) is 9.80 Å². The molecule has 0 aliphatic heterocycles. The van der Waals surface area contributed by atoms with E-state index in [1.54, 1.807) is 78.2 Å². The van der Waals surface area contributed by atoms with Gasteiger partial charge in [0.15, 0.2) is 0 Å². The predicted molar refractivity (Wildman–Crippen MR) is 265 cm³/mol. The first-order chi connectivity index (χ1) is 35.4. The van der Waals surface area contributed by atoms with Gasteiger partial charge in [-0.15, -0.1) is 0 Å². The van der Waals surface area contributed by atoms with Crippen LogP contribution < -0.4 is 0 Å². The Labute approximate surface area is 433 Å². The lowest BCUT2D eigenvalue weighted by atomic mass is 9.67. The van der Waals surface area contributed by atoms with Gasteiger partial charge in [-0.05, 0) is 11.1 Å². The summed E-state index contributed by atoms with van der Waals surface area (Å²) < 4.78 is 74.6. The molecule has 0 amide bonds. The Balaban J connectivity index is 1.78. The molecule has 1 aromatic rings. The molecule has 424 valence electrons. The molecule has 0 bridgehead atoms. The van der Waals surface area contributed by atoms with E-state index in [-0.39, 0.29) is 65.3 Å². The molecule has 1 aromatic carbocycles.